The normalized spacial score (nSPS) is 23.1. The molecule has 18 heavy (non-hydrogen) atoms. The molecule has 2 rings (SSSR count). The lowest BCUT2D eigenvalue weighted by molar-refractivity contribution is 0.0917. The Balaban J connectivity index is 1.97. The van der Waals surface area contributed by atoms with Gasteiger partial charge in [0.1, 0.15) is 0 Å². The van der Waals surface area contributed by atoms with Crippen molar-refractivity contribution in [3.8, 4) is 0 Å². The van der Waals surface area contributed by atoms with Crippen LogP contribution < -0.4 is 5.32 Å². The Bertz CT molecular complexity index is 453. The van der Waals surface area contributed by atoms with E-state index in [-0.39, 0.29) is 17.9 Å². The first-order valence-electron chi connectivity index (χ1n) is 6.00. The molecule has 2 atom stereocenters. The third kappa shape index (κ3) is 3.05. The zero-order valence-electron chi connectivity index (χ0n) is 9.83. The maximum atomic E-state index is 12.0. The molecule has 0 spiro atoms. The van der Waals surface area contributed by atoms with Crippen molar-refractivity contribution < 1.29 is 9.90 Å². The van der Waals surface area contributed by atoms with Gasteiger partial charge < -0.3 is 10.4 Å². The van der Waals surface area contributed by atoms with Crippen molar-refractivity contribution in [1.82, 2.24) is 5.32 Å². The maximum Gasteiger partial charge on any atom is 0.252 e. The fourth-order valence-corrected chi connectivity index (χ4v) is 2.83. The van der Waals surface area contributed by atoms with E-state index in [1.807, 2.05) is 0 Å². The molecule has 2 N–H and O–H groups in total. The number of carbonyl (C=O) groups is 1. The summed E-state index contributed by atoms with van der Waals surface area (Å²) in [5.41, 5.74) is 0.457. The number of amides is 1. The minimum atomic E-state index is -0.289. The lowest BCUT2D eigenvalue weighted by atomic mass is 10.1. The van der Waals surface area contributed by atoms with Crippen LogP contribution in [-0.2, 0) is 0 Å². The molecule has 1 fully saturated rings. The first-order chi connectivity index (χ1) is 8.59. The molecule has 1 aromatic carbocycles. The van der Waals surface area contributed by atoms with Gasteiger partial charge in [-0.25, -0.2) is 0 Å². The van der Waals surface area contributed by atoms with Gasteiger partial charge in [0.05, 0.1) is 16.7 Å². The van der Waals surface area contributed by atoms with Crippen LogP contribution in [0.3, 0.4) is 0 Å². The van der Waals surface area contributed by atoms with Gasteiger partial charge in [0.2, 0.25) is 0 Å². The van der Waals surface area contributed by atoms with Crippen LogP contribution in [0.4, 0.5) is 0 Å². The summed E-state index contributed by atoms with van der Waals surface area (Å²) in [7, 11) is 0. The summed E-state index contributed by atoms with van der Waals surface area (Å²) < 4.78 is 0.706. The minimum absolute atomic E-state index is 0.167. The Morgan fingerprint density at radius 1 is 1.50 bits per heavy atom. The van der Waals surface area contributed by atoms with Gasteiger partial charge in [-0.1, -0.05) is 24.1 Å². The van der Waals surface area contributed by atoms with E-state index < -0.39 is 0 Å². The van der Waals surface area contributed by atoms with Crippen molar-refractivity contribution in [3.05, 3.63) is 33.3 Å². The average Bonchev–Trinajstić information content (AvgIpc) is 2.75. The predicted molar refractivity (Wildman–Crippen MR) is 74.8 cm³/mol. The summed E-state index contributed by atoms with van der Waals surface area (Å²) in [4.78, 5) is 12.0. The fraction of sp³-hybridized carbons (Fsp3) is 0.462. The summed E-state index contributed by atoms with van der Waals surface area (Å²) in [6, 6.07) is 5.25. The second-order valence-corrected chi connectivity index (χ2v) is 5.80. The highest BCUT2D eigenvalue weighted by Gasteiger charge is 2.25. The van der Waals surface area contributed by atoms with Crippen molar-refractivity contribution in [2.45, 2.75) is 25.4 Å². The van der Waals surface area contributed by atoms with Crippen LogP contribution in [0.5, 0.6) is 0 Å². The van der Waals surface area contributed by atoms with Gasteiger partial charge in [0, 0.05) is 16.9 Å². The minimum Gasteiger partial charge on any atom is -0.393 e. The Morgan fingerprint density at radius 3 is 2.94 bits per heavy atom. The molecule has 0 unspecified atom stereocenters. The van der Waals surface area contributed by atoms with E-state index in [0.717, 1.165) is 19.3 Å². The number of carbonyl (C=O) groups excluding carboxylic acids is 1. The highest BCUT2D eigenvalue weighted by Crippen LogP contribution is 2.27. The average molecular weight is 333 g/mol. The molecule has 5 heteroatoms. The smallest absolute Gasteiger partial charge is 0.252 e. The van der Waals surface area contributed by atoms with Gasteiger partial charge in [0.15, 0.2) is 0 Å². The molecule has 1 aliphatic rings. The SMILES string of the molecule is O=C(NC[C@@H]1CCC[C@@H]1O)c1cccc(Br)c1Cl. The second-order valence-electron chi connectivity index (χ2n) is 4.57. The molecular formula is C13H15BrClNO2. The van der Waals surface area contributed by atoms with Crippen LogP contribution >= 0.6 is 27.5 Å². The molecular weight excluding hydrogens is 318 g/mol. The number of nitrogens with one attached hydrogen (secondary N) is 1. The van der Waals surface area contributed by atoms with Crippen molar-refractivity contribution >= 4 is 33.4 Å². The molecule has 1 saturated carbocycles. The van der Waals surface area contributed by atoms with Crippen molar-refractivity contribution in [2.75, 3.05) is 6.54 Å². The van der Waals surface area contributed by atoms with E-state index in [2.05, 4.69) is 21.2 Å². The van der Waals surface area contributed by atoms with E-state index >= 15 is 0 Å². The van der Waals surface area contributed by atoms with Gasteiger partial charge in [-0.15, -0.1) is 0 Å². The van der Waals surface area contributed by atoms with Gasteiger partial charge >= 0.3 is 0 Å². The van der Waals surface area contributed by atoms with Crippen LogP contribution in [0.2, 0.25) is 5.02 Å². The molecule has 3 nitrogen and oxygen atoms in total. The molecule has 0 aliphatic heterocycles. The molecule has 0 heterocycles. The van der Waals surface area contributed by atoms with Crippen LogP contribution in [0, 0.1) is 5.92 Å². The van der Waals surface area contributed by atoms with Crippen LogP contribution in [0.15, 0.2) is 22.7 Å². The molecule has 0 aromatic heterocycles. The van der Waals surface area contributed by atoms with Crippen molar-refractivity contribution in [1.29, 1.82) is 0 Å². The van der Waals surface area contributed by atoms with E-state index in [9.17, 15) is 9.90 Å². The van der Waals surface area contributed by atoms with Crippen LogP contribution in [0.25, 0.3) is 0 Å². The first-order valence-corrected chi connectivity index (χ1v) is 7.17. The molecule has 1 aliphatic carbocycles. The Labute approximate surface area is 120 Å². The number of hydrogen-bond acceptors (Lipinski definition) is 2. The Kier molecular flexibility index (Phi) is 4.65. The van der Waals surface area contributed by atoms with Gasteiger partial charge in [-0.05, 0) is 40.9 Å². The van der Waals surface area contributed by atoms with E-state index in [1.165, 1.54) is 0 Å². The number of rotatable bonds is 3. The number of hydrogen-bond donors (Lipinski definition) is 2. The Hall–Kier alpha value is -0.580. The molecule has 1 amide bonds. The monoisotopic (exact) mass is 331 g/mol. The fourth-order valence-electron chi connectivity index (χ4n) is 2.25. The first kappa shape index (κ1) is 13.8. The van der Waals surface area contributed by atoms with Gasteiger partial charge in [-0.3, -0.25) is 4.79 Å². The number of aliphatic hydroxyl groups excluding tert-OH is 1. The standard InChI is InChI=1S/C13H15BrClNO2/c14-10-5-2-4-9(12(10)15)13(18)16-7-8-3-1-6-11(8)17/h2,4-5,8,11,17H,1,3,6-7H2,(H,16,18)/t8-,11-/m0/s1. The van der Waals surface area contributed by atoms with E-state index in [4.69, 9.17) is 11.6 Å². The van der Waals surface area contributed by atoms with E-state index in [1.54, 1.807) is 18.2 Å². The number of benzene rings is 1. The number of aliphatic hydroxyl groups is 1. The highest BCUT2D eigenvalue weighted by molar-refractivity contribution is 9.10. The van der Waals surface area contributed by atoms with Crippen molar-refractivity contribution in [3.63, 3.8) is 0 Å². The molecule has 0 saturated heterocycles. The van der Waals surface area contributed by atoms with Gasteiger partial charge in [0.25, 0.3) is 5.91 Å². The van der Waals surface area contributed by atoms with Gasteiger partial charge in [-0.2, -0.15) is 0 Å². The lowest BCUT2D eigenvalue weighted by Gasteiger charge is -2.15. The van der Waals surface area contributed by atoms with Crippen molar-refractivity contribution in [2.24, 2.45) is 5.92 Å². The highest BCUT2D eigenvalue weighted by atomic mass is 79.9. The van der Waals surface area contributed by atoms with E-state index in [0.29, 0.717) is 21.6 Å². The third-order valence-electron chi connectivity index (χ3n) is 3.34. The summed E-state index contributed by atoms with van der Waals surface area (Å²) in [5.74, 6) is -0.0275. The molecule has 0 radical (unpaired) electrons. The number of halogens is 2. The largest absolute Gasteiger partial charge is 0.393 e. The Morgan fingerprint density at radius 2 is 2.28 bits per heavy atom. The second kappa shape index (κ2) is 6.04. The summed E-state index contributed by atoms with van der Waals surface area (Å²) in [6.07, 6.45) is 2.54. The predicted octanol–water partition coefficient (Wildman–Crippen LogP) is 2.99. The molecule has 98 valence electrons. The third-order valence-corrected chi connectivity index (χ3v) is 4.64. The topological polar surface area (TPSA) is 49.3 Å². The summed E-state index contributed by atoms with van der Waals surface area (Å²) >= 11 is 9.34. The quantitative estimate of drug-likeness (QED) is 0.894. The maximum absolute atomic E-state index is 12.0. The zero-order valence-corrected chi connectivity index (χ0v) is 12.2. The molecule has 0 bridgehead atoms. The molecule has 1 aromatic rings. The lowest BCUT2D eigenvalue weighted by Crippen LogP contribution is -2.32. The zero-order chi connectivity index (χ0) is 13.1. The summed E-state index contributed by atoms with van der Waals surface area (Å²) in [5, 5.41) is 12.9. The van der Waals surface area contributed by atoms with Crippen LogP contribution in [-0.4, -0.2) is 23.7 Å². The summed E-state index contributed by atoms with van der Waals surface area (Å²) in [6.45, 7) is 0.503. The van der Waals surface area contributed by atoms with Crippen LogP contribution in [0.1, 0.15) is 29.6 Å².